The molecule has 1 heterocycles. The Bertz CT molecular complexity index is 398. The highest BCUT2D eigenvalue weighted by atomic mass is 16.5. The Morgan fingerprint density at radius 1 is 1.46 bits per heavy atom. The molecule has 4 nitrogen and oxygen atoms in total. The number of benzene rings is 1. The Kier molecular flexibility index (Phi) is 1.55. The maximum atomic E-state index is 10.9. The van der Waals surface area contributed by atoms with Gasteiger partial charge in [0.25, 0.3) is 5.91 Å². The van der Waals surface area contributed by atoms with Crippen LogP contribution in [0.2, 0.25) is 0 Å². The molecule has 0 fully saturated rings. The smallest absolute Gasteiger partial charge is 0.315 e. The number of hydrogen-bond donors (Lipinski definition) is 1. The molecule has 66 valence electrons. The Balaban J connectivity index is 2.57. The van der Waals surface area contributed by atoms with Crippen LogP contribution in [0.25, 0.3) is 0 Å². The molecule has 0 radical (unpaired) electrons. The summed E-state index contributed by atoms with van der Waals surface area (Å²) in [5.74, 6) is -0.602. The minimum absolute atomic E-state index is 0.219. The number of primary amides is 1. The molecule has 2 rings (SSSR count). The summed E-state index contributed by atoms with van der Waals surface area (Å²) in [5.41, 5.74) is 6.09. The maximum Gasteiger partial charge on any atom is 0.315 e. The number of nitrogens with two attached hydrogens (primary N) is 1. The summed E-state index contributed by atoms with van der Waals surface area (Å²) in [7, 11) is 0. The van der Waals surface area contributed by atoms with Crippen LogP contribution in [0.5, 0.6) is 5.75 Å². The summed E-state index contributed by atoms with van der Waals surface area (Å²) in [5, 5.41) is 0. The van der Waals surface area contributed by atoms with Gasteiger partial charge in [-0.1, -0.05) is 12.1 Å². The monoisotopic (exact) mass is 177 g/mol. The first-order valence-corrected chi connectivity index (χ1v) is 3.81. The molecule has 0 saturated carbocycles. The molecule has 0 unspecified atom stereocenters. The van der Waals surface area contributed by atoms with Crippen molar-refractivity contribution in [3.8, 4) is 5.75 Å². The average molecular weight is 177 g/mol. The van der Waals surface area contributed by atoms with Crippen LogP contribution in [-0.2, 0) is 11.2 Å². The summed E-state index contributed by atoms with van der Waals surface area (Å²) >= 11 is 0. The van der Waals surface area contributed by atoms with Crippen LogP contribution in [-0.4, -0.2) is 11.9 Å². The lowest BCUT2D eigenvalue weighted by Crippen LogP contribution is -2.12. The van der Waals surface area contributed by atoms with E-state index in [1.165, 1.54) is 0 Å². The third-order valence-corrected chi connectivity index (χ3v) is 1.91. The van der Waals surface area contributed by atoms with E-state index in [0.29, 0.717) is 5.75 Å². The van der Waals surface area contributed by atoms with E-state index in [2.05, 4.69) is 0 Å². The first-order chi connectivity index (χ1) is 6.18. The Morgan fingerprint density at radius 3 is 2.92 bits per heavy atom. The van der Waals surface area contributed by atoms with Crippen molar-refractivity contribution in [3.05, 3.63) is 29.3 Å². The van der Waals surface area contributed by atoms with Crippen LogP contribution in [0.15, 0.2) is 18.2 Å². The second-order valence-corrected chi connectivity index (χ2v) is 2.81. The summed E-state index contributed by atoms with van der Waals surface area (Å²) in [6, 6.07) is 4.97. The lowest BCUT2D eigenvalue weighted by Gasteiger charge is -2.01. The highest BCUT2D eigenvalue weighted by molar-refractivity contribution is 5.98. The standard InChI is InChI=1S/C9H7NO3/c10-9(12)6-3-1-2-5-4-7(11)13-8(5)6/h1-3H,4H2,(H2,10,12). The van der Waals surface area contributed by atoms with Gasteiger partial charge in [-0.05, 0) is 6.07 Å². The van der Waals surface area contributed by atoms with Crippen LogP contribution in [0.3, 0.4) is 0 Å². The topological polar surface area (TPSA) is 69.4 Å². The van der Waals surface area contributed by atoms with Gasteiger partial charge in [0.1, 0.15) is 5.75 Å². The van der Waals surface area contributed by atoms with Crippen molar-refractivity contribution < 1.29 is 14.3 Å². The maximum absolute atomic E-state index is 10.9. The van der Waals surface area contributed by atoms with E-state index < -0.39 is 5.91 Å². The third-order valence-electron chi connectivity index (χ3n) is 1.91. The normalized spacial score (nSPS) is 13.7. The molecule has 1 aromatic rings. The van der Waals surface area contributed by atoms with Gasteiger partial charge in [0.05, 0.1) is 12.0 Å². The van der Waals surface area contributed by atoms with Crippen molar-refractivity contribution >= 4 is 11.9 Å². The molecule has 0 aliphatic carbocycles. The fourth-order valence-corrected chi connectivity index (χ4v) is 1.34. The van der Waals surface area contributed by atoms with Gasteiger partial charge in [-0.15, -0.1) is 0 Å². The Morgan fingerprint density at radius 2 is 2.23 bits per heavy atom. The highest BCUT2D eigenvalue weighted by Crippen LogP contribution is 2.29. The molecule has 1 amide bonds. The van der Waals surface area contributed by atoms with Gasteiger partial charge in [-0.25, -0.2) is 0 Å². The number of amides is 1. The van der Waals surface area contributed by atoms with E-state index in [9.17, 15) is 9.59 Å². The average Bonchev–Trinajstić information content (AvgIpc) is 2.43. The first-order valence-electron chi connectivity index (χ1n) is 3.81. The van der Waals surface area contributed by atoms with E-state index >= 15 is 0 Å². The minimum Gasteiger partial charge on any atom is -0.425 e. The van der Waals surface area contributed by atoms with Crippen molar-refractivity contribution in [1.29, 1.82) is 0 Å². The molecule has 4 heteroatoms. The molecule has 13 heavy (non-hydrogen) atoms. The second kappa shape index (κ2) is 2.58. The molecular weight excluding hydrogens is 170 g/mol. The van der Waals surface area contributed by atoms with E-state index in [-0.39, 0.29) is 18.0 Å². The van der Waals surface area contributed by atoms with Gasteiger partial charge in [0.15, 0.2) is 0 Å². The van der Waals surface area contributed by atoms with Gasteiger partial charge >= 0.3 is 5.97 Å². The van der Waals surface area contributed by atoms with Crippen molar-refractivity contribution in [1.82, 2.24) is 0 Å². The van der Waals surface area contributed by atoms with Gasteiger partial charge < -0.3 is 10.5 Å². The molecule has 0 spiro atoms. The quantitative estimate of drug-likeness (QED) is 0.493. The molecule has 0 aromatic heterocycles. The Labute approximate surface area is 74.3 Å². The number of rotatable bonds is 1. The predicted molar refractivity (Wildman–Crippen MR) is 44.3 cm³/mol. The number of esters is 1. The fraction of sp³-hybridized carbons (Fsp3) is 0.111. The van der Waals surface area contributed by atoms with Gasteiger partial charge in [-0.3, -0.25) is 9.59 Å². The number of carbonyl (C=O) groups is 2. The zero-order valence-electron chi connectivity index (χ0n) is 6.74. The summed E-state index contributed by atoms with van der Waals surface area (Å²) in [6.45, 7) is 0. The molecule has 1 aromatic carbocycles. The van der Waals surface area contributed by atoms with Crippen LogP contribution >= 0.6 is 0 Å². The van der Waals surface area contributed by atoms with E-state index in [0.717, 1.165) is 5.56 Å². The van der Waals surface area contributed by atoms with Crippen molar-refractivity contribution in [2.24, 2.45) is 5.73 Å². The zero-order chi connectivity index (χ0) is 9.42. The Hall–Kier alpha value is -1.84. The summed E-state index contributed by atoms with van der Waals surface area (Å²) in [4.78, 5) is 21.8. The van der Waals surface area contributed by atoms with Crippen molar-refractivity contribution in [2.45, 2.75) is 6.42 Å². The van der Waals surface area contributed by atoms with E-state index in [1.807, 2.05) is 0 Å². The van der Waals surface area contributed by atoms with Crippen LogP contribution < -0.4 is 10.5 Å². The number of carbonyl (C=O) groups excluding carboxylic acids is 2. The van der Waals surface area contributed by atoms with Gasteiger partial charge in [0.2, 0.25) is 0 Å². The molecule has 2 N–H and O–H groups in total. The zero-order valence-corrected chi connectivity index (χ0v) is 6.74. The van der Waals surface area contributed by atoms with E-state index in [4.69, 9.17) is 10.5 Å². The highest BCUT2D eigenvalue weighted by Gasteiger charge is 2.24. The van der Waals surface area contributed by atoms with Crippen LogP contribution in [0.4, 0.5) is 0 Å². The molecule has 1 aliphatic heterocycles. The van der Waals surface area contributed by atoms with Crippen molar-refractivity contribution in [3.63, 3.8) is 0 Å². The minimum atomic E-state index is -0.577. The fourth-order valence-electron chi connectivity index (χ4n) is 1.34. The molecular formula is C9H7NO3. The van der Waals surface area contributed by atoms with Gasteiger partial charge in [0, 0.05) is 5.56 Å². The molecule has 1 aliphatic rings. The largest absolute Gasteiger partial charge is 0.425 e. The third kappa shape index (κ3) is 1.16. The second-order valence-electron chi connectivity index (χ2n) is 2.81. The molecule has 0 atom stereocenters. The molecule has 0 bridgehead atoms. The lowest BCUT2D eigenvalue weighted by molar-refractivity contribution is -0.131. The number of hydrogen-bond acceptors (Lipinski definition) is 3. The van der Waals surface area contributed by atoms with Crippen LogP contribution in [0, 0.1) is 0 Å². The first kappa shape index (κ1) is 7.79. The summed E-state index contributed by atoms with van der Waals surface area (Å²) in [6.07, 6.45) is 0.219. The van der Waals surface area contributed by atoms with Gasteiger partial charge in [-0.2, -0.15) is 0 Å². The van der Waals surface area contributed by atoms with Crippen LogP contribution in [0.1, 0.15) is 15.9 Å². The molecule has 0 saturated heterocycles. The summed E-state index contributed by atoms with van der Waals surface area (Å²) < 4.78 is 4.86. The number of para-hydroxylation sites is 1. The van der Waals surface area contributed by atoms with E-state index in [1.54, 1.807) is 18.2 Å². The lowest BCUT2D eigenvalue weighted by atomic mass is 10.1. The SMILES string of the molecule is NC(=O)c1cccc2c1OC(=O)C2. The number of ether oxygens (including phenoxy) is 1. The van der Waals surface area contributed by atoms with Crippen molar-refractivity contribution in [2.75, 3.05) is 0 Å². The predicted octanol–water partition coefficient (Wildman–Crippen LogP) is 0.247. The number of fused-ring (bicyclic) bond motifs is 1.